The van der Waals surface area contributed by atoms with Gasteiger partial charge in [-0.2, -0.15) is 0 Å². The minimum Gasteiger partial charge on any atom is -0.493 e. The van der Waals surface area contributed by atoms with Crippen molar-refractivity contribution < 1.29 is 23.8 Å². The largest absolute Gasteiger partial charge is 0.493 e. The molecule has 8 nitrogen and oxygen atoms in total. The van der Waals surface area contributed by atoms with Crippen molar-refractivity contribution in [3.63, 3.8) is 0 Å². The molecule has 2 heterocycles. The fraction of sp³-hybridized carbons (Fsp3) is 0.150. The molecular formula is C20H17N3O5S. The van der Waals surface area contributed by atoms with Gasteiger partial charge in [0.25, 0.3) is 11.8 Å². The summed E-state index contributed by atoms with van der Waals surface area (Å²) in [5, 5.41) is 7.41. The maximum Gasteiger partial charge on any atom is 0.262 e. The lowest BCUT2D eigenvalue weighted by Gasteiger charge is -2.18. The van der Waals surface area contributed by atoms with E-state index in [-0.39, 0.29) is 18.4 Å². The van der Waals surface area contributed by atoms with Crippen molar-refractivity contribution in [3.8, 4) is 17.2 Å². The maximum absolute atomic E-state index is 12.6. The van der Waals surface area contributed by atoms with E-state index in [0.717, 1.165) is 5.69 Å². The Morgan fingerprint density at radius 3 is 2.97 bits per heavy atom. The Kier molecular flexibility index (Phi) is 5.30. The number of fused-ring (bicyclic) bond motifs is 1. The van der Waals surface area contributed by atoms with E-state index in [0.29, 0.717) is 40.8 Å². The van der Waals surface area contributed by atoms with Crippen LogP contribution in [0, 0.1) is 0 Å². The monoisotopic (exact) mass is 411 g/mol. The Morgan fingerprint density at radius 1 is 1.28 bits per heavy atom. The van der Waals surface area contributed by atoms with Gasteiger partial charge in [-0.25, -0.2) is 4.98 Å². The number of carbonyl (C=O) groups excluding carboxylic acids is 2. The molecule has 4 rings (SSSR count). The summed E-state index contributed by atoms with van der Waals surface area (Å²) in [6, 6.07) is 9.98. The first kappa shape index (κ1) is 18.8. The summed E-state index contributed by atoms with van der Waals surface area (Å²) in [7, 11) is 1.51. The highest BCUT2D eigenvalue weighted by Crippen LogP contribution is 2.32. The number of ether oxygens (including phenoxy) is 3. The molecule has 0 saturated heterocycles. The molecular weight excluding hydrogens is 394 g/mol. The fourth-order valence-electron chi connectivity index (χ4n) is 2.75. The molecule has 2 aromatic carbocycles. The minimum absolute atomic E-state index is 0.0185. The van der Waals surface area contributed by atoms with Gasteiger partial charge in [0.15, 0.2) is 18.1 Å². The van der Waals surface area contributed by atoms with Crippen LogP contribution >= 0.6 is 11.3 Å². The van der Waals surface area contributed by atoms with Crippen LogP contribution < -0.4 is 24.8 Å². The van der Waals surface area contributed by atoms with Gasteiger partial charge >= 0.3 is 0 Å². The van der Waals surface area contributed by atoms with Crippen molar-refractivity contribution in [2.75, 3.05) is 24.4 Å². The summed E-state index contributed by atoms with van der Waals surface area (Å²) in [4.78, 5) is 28.3. The van der Waals surface area contributed by atoms with Crippen LogP contribution in [0.5, 0.6) is 17.2 Å². The maximum atomic E-state index is 12.6. The second-order valence-electron chi connectivity index (χ2n) is 6.14. The SMILES string of the molecule is COc1cc(C(=O)Nc2ccc3c(c2)NC(=O)CO3)ccc1OCc1cscn1. The number of rotatable bonds is 6. The van der Waals surface area contributed by atoms with E-state index in [1.54, 1.807) is 41.9 Å². The molecule has 2 amide bonds. The first-order valence-corrected chi connectivity index (χ1v) is 9.62. The highest BCUT2D eigenvalue weighted by Gasteiger charge is 2.17. The second kappa shape index (κ2) is 8.19. The lowest BCUT2D eigenvalue weighted by Crippen LogP contribution is -2.25. The van der Waals surface area contributed by atoms with E-state index in [9.17, 15) is 9.59 Å². The number of hydrogen-bond acceptors (Lipinski definition) is 7. The molecule has 0 radical (unpaired) electrons. The molecule has 1 aliphatic heterocycles. The van der Waals surface area contributed by atoms with Crippen LogP contribution in [-0.2, 0) is 11.4 Å². The predicted molar refractivity (Wildman–Crippen MR) is 108 cm³/mol. The standard InChI is InChI=1S/C20H17N3O5S/c1-26-18-6-12(2-4-17(18)27-8-14-10-29-11-21-14)20(25)22-13-3-5-16-15(7-13)23-19(24)9-28-16/h2-7,10-11H,8-9H2,1H3,(H,22,25)(H,23,24). The van der Waals surface area contributed by atoms with E-state index in [1.807, 2.05) is 5.38 Å². The molecule has 0 unspecified atom stereocenters. The van der Waals surface area contributed by atoms with Gasteiger partial charge in [-0.3, -0.25) is 9.59 Å². The number of methoxy groups -OCH3 is 1. The van der Waals surface area contributed by atoms with Crippen LogP contribution in [0.3, 0.4) is 0 Å². The molecule has 0 saturated carbocycles. The minimum atomic E-state index is -0.322. The topological polar surface area (TPSA) is 98.8 Å². The van der Waals surface area contributed by atoms with E-state index in [1.165, 1.54) is 18.4 Å². The molecule has 3 aromatic rings. The molecule has 29 heavy (non-hydrogen) atoms. The van der Waals surface area contributed by atoms with E-state index >= 15 is 0 Å². The van der Waals surface area contributed by atoms with Crippen molar-refractivity contribution in [2.45, 2.75) is 6.61 Å². The summed E-state index contributed by atoms with van der Waals surface area (Å²) in [6.45, 7) is 0.295. The van der Waals surface area contributed by atoms with Crippen LogP contribution in [0.2, 0.25) is 0 Å². The van der Waals surface area contributed by atoms with Gasteiger partial charge < -0.3 is 24.8 Å². The third kappa shape index (κ3) is 4.30. The first-order valence-electron chi connectivity index (χ1n) is 8.68. The van der Waals surface area contributed by atoms with Crippen molar-refractivity contribution in [3.05, 3.63) is 58.5 Å². The van der Waals surface area contributed by atoms with E-state index < -0.39 is 0 Å². The average Bonchev–Trinajstić information content (AvgIpc) is 3.25. The number of amides is 2. The van der Waals surface area contributed by atoms with Crippen LogP contribution in [0.25, 0.3) is 0 Å². The number of thiazole rings is 1. The molecule has 2 N–H and O–H groups in total. The average molecular weight is 411 g/mol. The number of benzene rings is 2. The zero-order valence-electron chi connectivity index (χ0n) is 15.4. The van der Waals surface area contributed by atoms with Gasteiger partial charge in [0, 0.05) is 16.6 Å². The molecule has 0 aliphatic carbocycles. The second-order valence-corrected chi connectivity index (χ2v) is 6.85. The molecule has 1 aromatic heterocycles. The van der Waals surface area contributed by atoms with E-state index in [4.69, 9.17) is 14.2 Å². The number of nitrogens with zero attached hydrogens (tertiary/aromatic N) is 1. The van der Waals surface area contributed by atoms with Gasteiger partial charge in [-0.05, 0) is 36.4 Å². The van der Waals surface area contributed by atoms with Crippen LogP contribution in [0.1, 0.15) is 16.1 Å². The first-order chi connectivity index (χ1) is 14.1. The van der Waals surface area contributed by atoms with Crippen LogP contribution in [-0.4, -0.2) is 30.5 Å². The van der Waals surface area contributed by atoms with Crippen molar-refractivity contribution >= 4 is 34.5 Å². The van der Waals surface area contributed by atoms with Gasteiger partial charge in [-0.1, -0.05) is 0 Å². The quantitative estimate of drug-likeness (QED) is 0.646. The van der Waals surface area contributed by atoms with Crippen LogP contribution in [0.15, 0.2) is 47.3 Å². The number of nitrogens with one attached hydrogen (secondary N) is 2. The Bertz CT molecular complexity index is 1050. The Labute approximate surface area is 170 Å². The number of aromatic nitrogens is 1. The normalized spacial score (nSPS) is 12.4. The summed E-state index contributed by atoms with van der Waals surface area (Å²) in [6.07, 6.45) is 0. The highest BCUT2D eigenvalue weighted by molar-refractivity contribution is 7.07. The van der Waals surface area contributed by atoms with Crippen LogP contribution in [0.4, 0.5) is 11.4 Å². The molecule has 0 atom stereocenters. The zero-order valence-corrected chi connectivity index (χ0v) is 16.2. The third-order valence-corrected chi connectivity index (χ3v) is 4.79. The van der Waals surface area contributed by atoms with Crippen molar-refractivity contribution in [1.82, 2.24) is 4.98 Å². The molecule has 148 valence electrons. The summed E-state index contributed by atoms with van der Waals surface area (Å²) in [5.74, 6) is 0.965. The summed E-state index contributed by atoms with van der Waals surface area (Å²) in [5.41, 5.74) is 4.01. The Hall–Kier alpha value is -3.59. The summed E-state index contributed by atoms with van der Waals surface area (Å²) >= 11 is 1.49. The smallest absolute Gasteiger partial charge is 0.262 e. The lowest BCUT2D eigenvalue weighted by atomic mass is 10.1. The van der Waals surface area contributed by atoms with Crippen molar-refractivity contribution in [1.29, 1.82) is 0 Å². The fourth-order valence-corrected chi connectivity index (χ4v) is 3.30. The Morgan fingerprint density at radius 2 is 2.17 bits per heavy atom. The van der Waals surface area contributed by atoms with Gasteiger partial charge in [0.05, 0.1) is 24.0 Å². The zero-order chi connectivity index (χ0) is 20.2. The van der Waals surface area contributed by atoms with E-state index in [2.05, 4.69) is 15.6 Å². The third-order valence-electron chi connectivity index (χ3n) is 4.16. The molecule has 0 spiro atoms. The van der Waals surface area contributed by atoms with Gasteiger partial charge in [0.2, 0.25) is 0 Å². The molecule has 0 fully saturated rings. The number of carbonyl (C=O) groups is 2. The van der Waals surface area contributed by atoms with Crippen molar-refractivity contribution in [2.24, 2.45) is 0 Å². The van der Waals surface area contributed by atoms with Gasteiger partial charge in [-0.15, -0.1) is 11.3 Å². The predicted octanol–water partition coefficient (Wildman–Crippen LogP) is 3.31. The lowest BCUT2D eigenvalue weighted by molar-refractivity contribution is -0.118. The molecule has 9 heteroatoms. The Balaban J connectivity index is 1.47. The number of anilines is 2. The molecule has 1 aliphatic rings. The highest BCUT2D eigenvalue weighted by atomic mass is 32.1. The number of hydrogen-bond donors (Lipinski definition) is 2. The summed E-state index contributed by atoms with van der Waals surface area (Å²) < 4.78 is 16.4. The molecule has 0 bridgehead atoms. The van der Waals surface area contributed by atoms with Gasteiger partial charge in [0.1, 0.15) is 12.4 Å².